The molecule has 0 heterocycles. The Morgan fingerprint density at radius 3 is 1.97 bits per heavy atom. The normalized spacial score (nSPS) is 12.8. The molecule has 6 aromatic carbocycles. The highest BCUT2D eigenvalue weighted by Gasteiger charge is 2.21. The quantitative estimate of drug-likeness (QED) is 0.237. The molecule has 0 spiro atoms. The molecule has 1 heteroatoms. The monoisotopic (exact) mass is 461 g/mol. The van der Waals surface area contributed by atoms with E-state index in [9.17, 15) is 0 Å². The van der Waals surface area contributed by atoms with Crippen molar-refractivity contribution in [3.05, 3.63) is 132 Å². The molecule has 0 saturated carbocycles. The molecule has 0 radical (unpaired) electrons. The fourth-order valence-electron chi connectivity index (χ4n) is 5.81. The van der Waals surface area contributed by atoms with E-state index >= 15 is 0 Å². The summed E-state index contributed by atoms with van der Waals surface area (Å²) in [7, 11) is 0. The Balaban J connectivity index is 1.62. The van der Waals surface area contributed by atoms with Crippen molar-refractivity contribution in [3.8, 4) is 0 Å². The Hall–Kier alpha value is -4.36. The summed E-state index contributed by atoms with van der Waals surface area (Å²) in [6.07, 6.45) is 6.81. The number of rotatable bonds is 3. The molecule has 1 aliphatic carbocycles. The smallest absolute Gasteiger partial charge is 0.0546 e. The number of hydrogen-bond donors (Lipinski definition) is 0. The Kier molecular flexibility index (Phi) is 4.89. The number of benzene rings is 6. The maximum absolute atomic E-state index is 2.47. The van der Waals surface area contributed by atoms with Gasteiger partial charge in [0.1, 0.15) is 0 Å². The van der Waals surface area contributed by atoms with Crippen LogP contribution in [0.15, 0.2) is 115 Å². The highest BCUT2D eigenvalue weighted by atomic mass is 15.1. The van der Waals surface area contributed by atoms with E-state index in [-0.39, 0.29) is 0 Å². The van der Waals surface area contributed by atoms with Crippen molar-refractivity contribution in [1.29, 1.82) is 0 Å². The van der Waals surface area contributed by atoms with Gasteiger partial charge in [-0.25, -0.2) is 0 Å². The van der Waals surface area contributed by atoms with Crippen molar-refractivity contribution >= 4 is 55.5 Å². The van der Waals surface area contributed by atoms with E-state index in [2.05, 4.69) is 133 Å². The first-order chi connectivity index (χ1) is 17.8. The number of allylic oxidation sites excluding steroid dienone is 1. The molecule has 0 aromatic heterocycles. The van der Waals surface area contributed by atoms with Crippen molar-refractivity contribution < 1.29 is 0 Å². The van der Waals surface area contributed by atoms with Gasteiger partial charge in [0.15, 0.2) is 0 Å². The molecule has 0 saturated heterocycles. The van der Waals surface area contributed by atoms with E-state index < -0.39 is 0 Å². The predicted molar refractivity (Wildman–Crippen MR) is 156 cm³/mol. The number of aryl methyl sites for hydroxylation is 2. The summed E-state index contributed by atoms with van der Waals surface area (Å²) in [6, 6.07) is 40.2. The standard InChI is InChI=1S/C35H27N/c1-24-18-20-27(21-19-24)36(34-22-25-10-2-4-12-28(25)30-14-6-8-16-32(30)34)35-23-26-11-3-5-13-29(26)31-15-7-9-17-33(31)35/h2-4,6-12,14-23H,5,13H2,1H3. The van der Waals surface area contributed by atoms with Crippen LogP contribution in [0.1, 0.15) is 23.1 Å². The van der Waals surface area contributed by atoms with Crippen LogP contribution >= 0.6 is 0 Å². The lowest BCUT2D eigenvalue weighted by Gasteiger charge is -2.30. The van der Waals surface area contributed by atoms with Crippen LogP contribution in [0.5, 0.6) is 0 Å². The molecule has 6 aromatic rings. The largest absolute Gasteiger partial charge is 0.309 e. The lowest BCUT2D eigenvalue weighted by atomic mass is 9.90. The Labute approximate surface area is 211 Å². The van der Waals surface area contributed by atoms with Gasteiger partial charge in [0.05, 0.1) is 11.4 Å². The lowest BCUT2D eigenvalue weighted by molar-refractivity contribution is 0.997. The first-order valence-corrected chi connectivity index (χ1v) is 12.8. The maximum atomic E-state index is 2.47. The van der Waals surface area contributed by atoms with Gasteiger partial charge in [-0.3, -0.25) is 0 Å². The molecule has 0 atom stereocenters. The summed E-state index contributed by atoms with van der Waals surface area (Å²) in [6.45, 7) is 2.15. The summed E-state index contributed by atoms with van der Waals surface area (Å²) in [5.74, 6) is 0. The number of nitrogens with zero attached hydrogens (tertiary/aromatic N) is 1. The van der Waals surface area contributed by atoms with E-state index in [0.29, 0.717) is 0 Å². The lowest BCUT2D eigenvalue weighted by Crippen LogP contribution is -2.12. The molecular formula is C35H27N. The number of fused-ring (bicyclic) bond motifs is 6. The van der Waals surface area contributed by atoms with E-state index in [1.807, 2.05) is 0 Å². The molecule has 1 nitrogen and oxygen atoms in total. The average Bonchev–Trinajstić information content (AvgIpc) is 2.94. The van der Waals surface area contributed by atoms with E-state index in [1.165, 1.54) is 66.1 Å². The van der Waals surface area contributed by atoms with Gasteiger partial charge in [0, 0.05) is 16.5 Å². The first kappa shape index (κ1) is 21.0. The zero-order chi connectivity index (χ0) is 24.1. The minimum Gasteiger partial charge on any atom is -0.309 e. The van der Waals surface area contributed by atoms with E-state index in [1.54, 1.807) is 0 Å². The van der Waals surface area contributed by atoms with Crippen LogP contribution in [0.4, 0.5) is 17.1 Å². The third-order valence-corrected chi connectivity index (χ3v) is 7.55. The van der Waals surface area contributed by atoms with Crippen molar-refractivity contribution in [2.75, 3.05) is 4.90 Å². The van der Waals surface area contributed by atoms with Gasteiger partial charge in [-0.05, 0) is 76.7 Å². The Bertz CT molecular complexity index is 1790. The summed E-state index contributed by atoms with van der Waals surface area (Å²) < 4.78 is 0. The first-order valence-electron chi connectivity index (χ1n) is 12.8. The van der Waals surface area contributed by atoms with Crippen molar-refractivity contribution in [2.45, 2.75) is 19.8 Å². The fourth-order valence-corrected chi connectivity index (χ4v) is 5.81. The average molecular weight is 462 g/mol. The molecule has 0 fully saturated rings. The van der Waals surface area contributed by atoms with E-state index in [4.69, 9.17) is 0 Å². The molecule has 0 bridgehead atoms. The molecule has 36 heavy (non-hydrogen) atoms. The summed E-state index contributed by atoms with van der Waals surface area (Å²) in [4.78, 5) is 2.47. The molecule has 0 amide bonds. The molecule has 172 valence electrons. The van der Waals surface area contributed by atoms with Crippen LogP contribution in [-0.2, 0) is 6.42 Å². The zero-order valence-electron chi connectivity index (χ0n) is 20.4. The van der Waals surface area contributed by atoms with Crippen LogP contribution in [0.25, 0.3) is 38.4 Å². The van der Waals surface area contributed by atoms with Crippen LogP contribution in [0.2, 0.25) is 0 Å². The summed E-state index contributed by atoms with van der Waals surface area (Å²) >= 11 is 0. The van der Waals surface area contributed by atoms with Crippen molar-refractivity contribution in [3.63, 3.8) is 0 Å². The highest BCUT2D eigenvalue weighted by Crippen LogP contribution is 2.46. The van der Waals surface area contributed by atoms with Crippen molar-refractivity contribution in [1.82, 2.24) is 0 Å². The van der Waals surface area contributed by atoms with Crippen LogP contribution in [-0.4, -0.2) is 0 Å². The molecule has 0 N–H and O–H groups in total. The third kappa shape index (κ3) is 3.31. The van der Waals surface area contributed by atoms with Crippen molar-refractivity contribution in [2.24, 2.45) is 0 Å². The minimum absolute atomic E-state index is 1.09. The SMILES string of the molecule is Cc1ccc(N(c2cc3c(c4ccccc24)CCC=C3)c2cc3ccccc3c3ccccc23)cc1. The molecule has 0 aliphatic heterocycles. The van der Waals surface area contributed by atoms with Gasteiger partial charge in [-0.15, -0.1) is 0 Å². The predicted octanol–water partition coefficient (Wildman–Crippen LogP) is 9.88. The molecule has 1 aliphatic rings. The molecule has 7 rings (SSSR count). The second-order valence-electron chi connectivity index (χ2n) is 9.78. The molecule has 0 unspecified atom stereocenters. The third-order valence-electron chi connectivity index (χ3n) is 7.55. The van der Waals surface area contributed by atoms with Gasteiger partial charge >= 0.3 is 0 Å². The van der Waals surface area contributed by atoms with Gasteiger partial charge in [0.2, 0.25) is 0 Å². The summed E-state index contributed by atoms with van der Waals surface area (Å²) in [5.41, 5.74) is 7.66. The van der Waals surface area contributed by atoms with Crippen LogP contribution < -0.4 is 4.90 Å². The second kappa shape index (κ2) is 8.39. The van der Waals surface area contributed by atoms with E-state index in [0.717, 1.165) is 12.8 Å². The fraction of sp³-hybridized carbons (Fsp3) is 0.0857. The summed E-state index contributed by atoms with van der Waals surface area (Å²) in [5, 5.41) is 7.74. The van der Waals surface area contributed by atoms with Gasteiger partial charge < -0.3 is 4.90 Å². The second-order valence-corrected chi connectivity index (χ2v) is 9.78. The Morgan fingerprint density at radius 1 is 0.583 bits per heavy atom. The number of anilines is 3. The van der Waals surface area contributed by atoms with Gasteiger partial charge in [-0.2, -0.15) is 0 Å². The zero-order valence-corrected chi connectivity index (χ0v) is 20.4. The van der Waals surface area contributed by atoms with Gasteiger partial charge in [0.25, 0.3) is 0 Å². The Morgan fingerprint density at radius 2 is 1.19 bits per heavy atom. The van der Waals surface area contributed by atoms with Crippen LogP contribution in [0, 0.1) is 6.92 Å². The minimum atomic E-state index is 1.09. The topological polar surface area (TPSA) is 3.24 Å². The highest BCUT2D eigenvalue weighted by molar-refractivity contribution is 6.16. The number of hydrogen-bond acceptors (Lipinski definition) is 1. The molecular weight excluding hydrogens is 434 g/mol. The van der Waals surface area contributed by atoms with Gasteiger partial charge in [-0.1, -0.05) is 103 Å². The van der Waals surface area contributed by atoms with Crippen LogP contribution in [0.3, 0.4) is 0 Å². The maximum Gasteiger partial charge on any atom is 0.0546 e.